The molecule has 0 amide bonds. The van der Waals surface area contributed by atoms with E-state index in [2.05, 4.69) is 19.9 Å². The number of halogens is 1. The average Bonchev–Trinajstić information content (AvgIpc) is 2.49. The number of hydrogen-bond acceptors (Lipinski definition) is 5. The van der Waals surface area contributed by atoms with Gasteiger partial charge in [-0.1, -0.05) is 11.6 Å². The smallest absolute Gasteiger partial charge is 0.224 e. The maximum absolute atomic E-state index is 8.79. The largest absolute Gasteiger partial charge is 0.390 e. The van der Waals surface area contributed by atoms with Crippen molar-refractivity contribution >= 4 is 22.8 Å². The highest BCUT2D eigenvalue weighted by Gasteiger charge is 2.07. The molecule has 12 heavy (non-hydrogen) atoms. The van der Waals surface area contributed by atoms with Gasteiger partial charge in [-0.3, -0.25) is 0 Å². The van der Waals surface area contributed by atoms with Crippen LogP contribution in [0.3, 0.4) is 0 Å². The van der Waals surface area contributed by atoms with Crippen molar-refractivity contribution in [3.05, 3.63) is 16.8 Å². The zero-order chi connectivity index (χ0) is 8.55. The van der Waals surface area contributed by atoms with Crippen LogP contribution in [0, 0.1) is 0 Å². The average molecular weight is 186 g/mol. The molecule has 0 bridgehead atoms. The SMILES string of the molecule is OCc1nc2nonc2cc1Cl. The highest BCUT2D eigenvalue weighted by Crippen LogP contribution is 2.18. The molecule has 0 radical (unpaired) electrons. The third-order valence-electron chi connectivity index (χ3n) is 1.43. The monoisotopic (exact) mass is 185 g/mol. The fourth-order valence-corrected chi connectivity index (χ4v) is 1.06. The highest BCUT2D eigenvalue weighted by atomic mass is 35.5. The summed E-state index contributed by atoms with van der Waals surface area (Å²) in [6.07, 6.45) is 0. The van der Waals surface area contributed by atoms with Gasteiger partial charge in [-0.2, -0.15) is 0 Å². The van der Waals surface area contributed by atoms with E-state index in [1.54, 1.807) is 6.07 Å². The van der Waals surface area contributed by atoms with E-state index in [0.717, 1.165) is 0 Å². The van der Waals surface area contributed by atoms with Crippen molar-refractivity contribution in [3.63, 3.8) is 0 Å². The summed E-state index contributed by atoms with van der Waals surface area (Å²) in [6, 6.07) is 1.55. The van der Waals surface area contributed by atoms with Gasteiger partial charge in [0.05, 0.1) is 17.3 Å². The van der Waals surface area contributed by atoms with E-state index in [9.17, 15) is 0 Å². The zero-order valence-electron chi connectivity index (χ0n) is 5.86. The molecule has 5 nitrogen and oxygen atoms in total. The van der Waals surface area contributed by atoms with E-state index in [4.69, 9.17) is 16.7 Å². The Morgan fingerprint density at radius 3 is 3.08 bits per heavy atom. The Hall–Kier alpha value is -1.20. The van der Waals surface area contributed by atoms with Crippen LogP contribution in [0.5, 0.6) is 0 Å². The molecule has 0 aliphatic carbocycles. The van der Waals surface area contributed by atoms with Crippen LogP contribution in [0.4, 0.5) is 0 Å². The third-order valence-corrected chi connectivity index (χ3v) is 1.75. The molecule has 2 rings (SSSR count). The minimum absolute atomic E-state index is 0.221. The second-order valence-electron chi connectivity index (χ2n) is 2.18. The van der Waals surface area contributed by atoms with E-state index >= 15 is 0 Å². The Morgan fingerprint density at radius 1 is 1.50 bits per heavy atom. The first-order chi connectivity index (χ1) is 5.81. The Balaban J connectivity index is 2.73. The Kier molecular flexibility index (Phi) is 1.67. The summed E-state index contributed by atoms with van der Waals surface area (Å²) in [5, 5.41) is 16.2. The summed E-state index contributed by atoms with van der Waals surface area (Å²) in [4.78, 5) is 3.90. The summed E-state index contributed by atoms with van der Waals surface area (Å²) >= 11 is 5.73. The highest BCUT2D eigenvalue weighted by molar-refractivity contribution is 6.31. The quantitative estimate of drug-likeness (QED) is 0.710. The van der Waals surface area contributed by atoms with Gasteiger partial charge >= 0.3 is 0 Å². The van der Waals surface area contributed by atoms with E-state index in [0.29, 0.717) is 21.9 Å². The van der Waals surface area contributed by atoms with Crippen molar-refractivity contribution in [3.8, 4) is 0 Å². The molecular formula is C6H4ClN3O2. The summed E-state index contributed by atoms with van der Waals surface area (Å²) < 4.78 is 4.42. The van der Waals surface area contributed by atoms with Gasteiger partial charge in [0, 0.05) is 0 Å². The summed E-state index contributed by atoms with van der Waals surface area (Å²) in [5.41, 5.74) is 1.21. The maximum atomic E-state index is 8.79. The second-order valence-corrected chi connectivity index (χ2v) is 2.59. The molecular weight excluding hydrogens is 182 g/mol. The predicted octanol–water partition coefficient (Wildman–Crippen LogP) is 0.764. The molecule has 2 heterocycles. The van der Waals surface area contributed by atoms with Crippen LogP contribution >= 0.6 is 11.6 Å². The lowest BCUT2D eigenvalue weighted by atomic mass is 10.3. The second kappa shape index (κ2) is 2.69. The molecule has 0 saturated heterocycles. The van der Waals surface area contributed by atoms with Crippen LogP contribution < -0.4 is 0 Å². The van der Waals surface area contributed by atoms with Crippen molar-refractivity contribution in [2.24, 2.45) is 0 Å². The maximum Gasteiger partial charge on any atom is 0.224 e. The first-order valence-corrected chi connectivity index (χ1v) is 3.57. The van der Waals surface area contributed by atoms with Crippen LogP contribution in [0.2, 0.25) is 5.02 Å². The fraction of sp³-hybridized carbons (Fsp3) is 0.167. The summed E-state index contributed by atoms with van der Waals surface area (Å²) in [5.74, 6) is 0. The molecule has 62 valence electrons. The molecule has 0 spiro atoms. The van der Waals surface area contributed by atoms with E-state index in [1.807, 2.05) is 0 Å². The Morgan fingerprint density at radius 2 is 2.33 bits per heavy atom. The Bertz CT molecular complexity index is 414. The van der Waals surface area contributed by atoms with Gasteiger partial charge in [0.2, 0.25) is 5.65 Å². The van der Waals surface area contributed by atoms with E-state index in [-0.39, 0.29) is 6.61 Å². The van der Waals surface area contributed by atoms with Gasteiger partial charge in [0.25, 0.3) is 0 Å². The van der Waals surface area contributed by atoms with Gasteiger partial charge < -0.3 is 5.11 Å². The van der Waals surface area contributed by atoms with Gasteiger partial charge in [-0.05, 0) is 16.4 Å². The molecule has 0 fully saturated rings. The number of aliphatic hydroxyl groups excluding tert-OH is 1. The first-order valence-electron chi connectivity index (χ1n) is 3.20. The number of aromatic nitrogens is 3. The fourth-order valence-electron chi connectivity index (χ4n) is 0.855. The molecule has 2 aromatic rings. The minimum atomic E-state index is -0.221. The lowest BCUT2D eigenvalue weighted by Crippen LogP contribution is -1.90. The molecule has 6 heteroatoms. The number of aliphatic hydroxyl groups is 1. The van der Waals surface area contributed by atoms with Crippen molar-refractivity contribution in [2.45, 2.75) is 6.61 Å². The molecule has 2 aromatic heterocycles. The molecule has 0 aliphatic heterocycles. The summed E-state index contributed by atoms with van der Waals surface area (Å²) in [7, 11) is 0. The van der Waals surface area contributed by atoms with Crippen LogP contribution in [0.15, 0.2) is 10.7 Å². The van der Waals surface area contributed by atoms with Gasteiger partial charge in [-0.25, -0.2) is 9.61 Å². The minimum Gasteiger partial charge on any atom is -0.390 e. The lowest BCUT2D eigenvalue weighted by Gasteiger charge is -1.95. The normalized spacial score (nSPS) is 10.8. The van der Waals surface area contributed by atoms with Gasteiger partial charge in [0.15, 0.2) is 5.52 Å². The number of hydrogen-bond donors (Lipinski definition) is 1. The van der Waals surface area contributed by atoms with Crippen LogP contribution in [0.25, 0.3) is 11.2 Å². The number of rotatable bonds is 1. The lowest BCUT2D eigenvalue weighted by molar-refractivity contribution is 0.277. The van der Waals surface area contributed by atoms with Crippen molar-refractivity contribution in [1.29, 1.82) is 0 Å². The van der Waals surface area contributed by atoms with Crippen molar-refractivity contribution in [2.75, 3.05) is 0 Å². The van der Waals surface area contributed by atoms with E-state index < -0.39 is 0 Å². The zero-order valence-corrected chi connectivity index (χ0v) is 6.62. The topological polar surface area (TPSA) is 72.0 Å². The van der Waals surface area contributed by atoms with Crippen LogP contribution in [0.1, 0.15) is 5.69 Å². The van der Waals surface area contributed by atoms with E-state index in [1.165, 1.54) is 0 Å². The third kappa shape index (κ3) is 1.03. The molecule has 1 N–H and O–H groups in total. The van der Waals surface area contributed by atoms with Crippen LogP contribution in [-0.2, 0) is 6.61 Å². The molecule has 0 atom stereocenters. The van der Waals surface area contributed by atoms with Gasteiger partial charge in [0.1, 0.15) is 0 Å². The molecule has 0 unspecified atom stereocenters. The van der Waals surface area contributed by atoms with Crippen LogP contribution in [-0.4, -0.2) is 20.4 Å². The van der Waals surface area contributed by atoms with Crippen molar-refractivity contribution in [1.82, 2.24) is 15.3 Å². The number of fused-ring (bicyclic) bond motifs is 1. The Labute approximate surface area is 71.9 Å². The number of pyridine rings is 1. The molecule has 0 saturated carbocycles. The van der Waals surface area contributed by atoms with Crippen molar-refractivity contribution < 1.29 is 9.74 Å². The number of nitrogens with zero attached hydrogens (tertiary/aromatic N) is 3. The predicted molar refractivity (Wildman–Crippen MR) is 40.5 cm³/mol. The standard InChI is InChI=1S/C6H4ClN3O2/c7-3-1-4-6(10-12-9-4)8-5(3)2-11/h1,11H,2H2. The first kappa shape index (κ1) is 7.45. The summed E-state index contributed by atoms with van der Waals surface area (Å²) in [6.45, 7) is -0.221. The molecule has 0 aliphatic rings. The van der Waals surface area contributed by atoms with Gasteiger partial charge in [-0.15, -0.1) is 0 Å². The molecule has 0 aromatic carbocycles.